The number of amides is 1. The van der Waals surface area contributed by atoms with E-state index in [2.05, 4.69) is 5.32 Å². The molecule has 3 aromatic carbocycles. The van der Waals surface area contributed by atoms with Gasteiger partial charge in [0.1, 0.15) is 18.2 Å². The van der Waals surface area contributed by atoms with Crippen molar-refractivity contribution in [2.75, 3.05) is 12.8 Å². The molecule has 0 saturated heterocycles. The van der Waals surface area contributed by atoms with E-state index < -0.39 is 15.9 Å². The molecule has 0 spiro atoms. The molecule has 0 aliphatic carbocycles. The van der Waals surface area contributed by atoms with E-state index in [9.17, 15) is 17.6 Å². The second-order valence-electron chi connectivity index (χ2n) is 7.46. The molecule has 0 aromatic heterocycles. The first-order valence-corrected chi connectivity index (χ1v) is 12.3. The van der Waals surface area contributed by atoms with Crippen LogP contribution in [0.25, 0.3) is 0 Å². The fraction of sp³-hybridized carbons (Fsp3) is 0.208. The summed E-state index contributed by atoms with van der Waals surface area (Å²) in [7, 11) is -3.62. The Labute approximate surface area is 198 Å². The zero-order valence-electron chi connectivity index (χ0n) is 18.0. The fourth-order valence-electron chi connectivity index (χ4n) is 2.97. The molecule has 0 saturated carbocycles. The summed E-state index contributed by atoms with van der Waals surface area (Å²) in [6.07, 6.45) is 1.06. The van der Waals surface area contributed by atoms with Crippen LogP contribution in [-0.2, 0) is 34.5 Å². The van der Waals surface area contributed by atoms with Crippen molar-refractivity contribution in [2.24, 2.45) is 0 Å². The molecule has 6 nitrogen and oxygen atoms in total. The van der Waals surface area contributed by atoms with Gasteiger partial charge in [-0.1, -0.05) is 54.1 Å². The molecular weight excluding hydrogens is 467 g/mol. The van der Waals surface area contributed by atoms with E-state index in [0.29, 0.717) is 22.9 Å². The number of ether oxygens (including phenoxy) is 1. The van der Waals surface area contributed by atoms with Gasteiger partial charge < -0.3 is 10.1 Å². The van der Waals surface area contributed by atoms with Crippen molar-refractivity contribution in [3.8, 4) is 5.75 Å². The van der Waals surface area contributed by atoms with Crippen molar-refractivity contribution >= 4 is 27.5 Å². The lowest BCUT2D eigenvalue weighted by Gasteiger charge is -2.20. The number of nitrogens with zero attached hydrogens (tertiary/aromatic N) is 1. The van der Waals surface area contributed by atoms with Crippen molar-refractivity contribution in [1.29, 1.82) is 0 Å². The minimum Gasteiger partial charge on any atom is -0.489 e. The highest BCUT2D eigenvalue weighted by Gasteiger charge is 2.21. The number of sulfonamides is 1. The number of hydrogen-bond acceptors (Lipinski definition) is 4. The van der Waals surface area contributed by atoms with E-state index >= 15 is 0 Å². The third kappa shape index (κ3) is 7.85. The van der Waals surface area contributed by atoms with Gasteiger partial charge in [0.2, 0.25) is 15.9 Å². The van der Waals surface area contributed by atoms with E-state index in [1.54, 1.807) is 60.7 Å². The van der Waals surface area contributed by atoms with Crippen molar-refractivity contribution < 1.29 is 22.3 Å². The Bertz CT molecular complexity index is 1190. The average molecular weight is 491 g/mol. The summed E-state index contributed by atoms with van der Waals surface area (Å²) in [6.45, 7) is 0.235. The van der Waals surface area contributed by atoms with Crippen molar-refractivity contribution in [3.63, 3.8) is 0 Å². The van der Waals surface area contributed by atoms with Gasteiger partial charge in [0.25, 0.3) is 0 Å². The first kappa shape index (κ1) is 24.7. The number of carbonyl (C=O) groups is 1. The molecule has 0 atom stereocenters. The van der Waals surface area contributed by atoms with Crippen molar-refractivity contribution in [2.45, 2.75) is 19.7 Å². The lowest BCUT2D eigenvalue weighted by Crippen LogP contribution is -2.39. The third-order valence-corrected chi connectivity index (χ3v) is 6.39. The normalized spacial score (nSPS) is 11.4. The zero-order valence-corrected chi connectivity index (χ0v) is 19.6. The number of benzene rings is 3. The van der Waals surface area contributed by atoms with E-state index in [4.69, 9.17) is 16.3 Å². The molecule has 0 fully saturated rings. The van der Waals surface area contributed by atoms with Crippen molar-refractivity contribution in [1.82, 2.24) is 9.62 Å². The van der Waals surface area contributed by atoms with Crippen LogP contribution in [-0.4, -0.2) is 31.4 Å². The van der Waals surface area contributed by atoms with Gasteiger partial charge in [0, 0.05) is 18.1 Å². The van der Waals surface area contributed by atoms with Crippen LogP contribution < -0.4 is 10.1 Å². The molecule has 0 unspecified atom stereocenters. The number of nitrogens with one attached hydrogen (secondary N) is 1. The molecule has 3 aromatic rings. The molecule has 1 N–H and O–H groups in total. The summed E-state index contributed by atoms with van der Waals surface area (Å²) >= 11 is 6.13. The van der Waals surface area contributed by atoms with Gasteiger partial charge in [-0.2, -0.15) is 4.31 Å². The Balaban J connectivity index is 1.51. The SMILES string of the molecule is CS(=O)(=O)N(CC(=O)NCc1ccc(OCc2ccc(F)cc2)cc1)Cc1ccccc1Cl. The van der Waals surface area contributed by atoms with Gasteiger partial charge in [0.05, 0.1) is 12.8 Å². The maximum atomic E-state index is 13.0. The number of carbonyl (C=O) groups excluding carboxylic acids is 1. The van der Waals surface area contributed by atoms with Crippen LogP contribution in [0.1, 0.15) is 16.7 Å². The first-order chi connectivity index (χ1) is 15.7. The molecule has 0 radical (unpaired) electrons. The largest absolute Gasteiger partial charge is 0.489 e. The van der Waals surface area contributed by atoms with Crippen LogP contribution in [0.2, 0.25) is 5.02 Å². The van der Waals surface area contributed by atoms with Crippen LogP contribution in [0.15, 0.2) is 72.8 Å². The van der Waals surface area contributed by atoms with Crippen LogP contribution in [0, 0.1) is 5.82 Å². The lowest BCUT2D eigenvalue weighted by atomic mass is 10.2. The van der Waals surface area contributed by atoms with Gasteiger partial charge in [0.15, 0.2) is 0 Å². The summed E-state index contributed by atoms with van der Waals surface area (Å²) in [4.78, 5) is 12.4. The highest BCUT2D eigenvalue weighted by molar-refractivity contribution is 7.88. The van der Waals surface area contributed by atoms with E-state index in [0.717, 1.165) is 21.7 Å². The molecule has 9 heteroatoms. The molecule has 33 heavy (non-hydrogen) atoms. The molecule has 0 aliphatic heterocycles. The Morgan fingerprint density at radius 2 is 1.64 bits per heavy atom. The molecule has 174 valence electrons. The Kier molecular flexibility index (Phi) is 8.43. The first-order valence-electron chi connectivity index (χ1n) is 10.1. The zero-order chi connectivity index (χ0) is 23.8. The predicted molar refractivity (Wildman–Crippen MR) is 126 cm³/mol. The minimum atomic E-state index is -3.62. The summed E-state index contributed by atoms with van der Waals surface area (Å²) in [5.41, 5.74) is 2.29. The standard InChI is InChI=1S/C24H24ClFN2O4S/c1-33(30,31)28(15-20-4-2-3-5-23(20)25)16-24(29)27-14-18-8-12-22(13-9-18)32-17-19-6-10-21(26)11-7-19/h2-13H,14-17H2,1H3,(H,27,29). The van der Waals surface area contributed by atoms with Gasteiger partial charge in [-0.15, -0.1) is 0 Å². The van der Waals surface area contributed by atoms with Gasteiger partial charge in [-0.3, -0.25) is 4.79 Å². The highest BCUT2D eigenvalue weighted by Crippen LogP contribution is 2.18. The smallest absolute Gasteiger partial charge is 0.235 e. The van der Waals surface area contributed by atoms with Gasteiger partial charge in [-0.25, -0.2) is 12.8 Å². The maximum Gasteiger partial charge on any atom is 0.235 e. The Morgan fingerprint density at radius 3 is 2.27 bits per heavy atom. The van der Waals surface area contributed by atoms with E-state index in [1.807, 2.05) is 0 Å². The quantitative estimate of drug-likeness (QED) is 0.463. The van der Waals surface area contributed by atoms with Crippen LogP contribution >= 0.6 is 11.6 Å². The monoisotopic (exact) mass is 490 g/mol. The van der Waals surface area contributed by atoms with E-state index in [1.165, 1.54) is 12.1 Å². The number of rotatable bonds is 10. The second kappa shape index (κ2) is 11.3. The molecule has 3 rings (SSSR count). The average Bonchev–Trinajstić information content (AvgIpc) is 2.78. The van der Waals surface area contributed by atoms with Gasteiger partial charge in [-0.05, 0) is 47.0 Å². The maximum absolute atomic E-state index is 13.0. The van der Waals surface area contributed by atoms with Crippen LogP contribution in [0.3, 0.4) is 0 Å². The van der Waals surface area contributed by atoms with Crippen LogP contribution in [0.5, 0.6) is 5.75 Å². The van der Waals surface area contributed by atoms with Crippen LogP contribution in [0.4, 0.5) is 4.39 Å². The molecular formula is C24H24ClFN2O4S. The summed E-state index contributed by atoms with van der Waals surface area (Å²) in [6, 6.07) is 20.1. The van der Waals surface area contributed by atoms with E-state index in [-0.39, 0.29) is 25.5 Å². The number of halogens is 2. The topological polar surface area (TPSA) is 75.7 Å². The Hall–Kier alpha value is -2.94. The summed E-state index contributed by atoms with van der Waals surface area (Å²) in [5, 5.41) is 3.17. The Morgan fingerprint density at radius 1 is 1.00 bits per heavy atom. The molecule has 0 bridgehead atoms. The second-order valence-corrected chi connectivity index (χ2v) is 9.85. The fourth-order valence-corrected chi connectivity index (χ4v) is 3.90. The summed E-state index contributed by atoms with van der Waals surface area (Å²) in [5.74, 6) is -0.0878. The lowest BCUT2D eigenvalue weighted by molar-refractivity contribution is -0.121. The molecule has 0 aliphatic rings. The predicted octanol–water partition coefficient (Wildman–Crippen LogP) is 4.14. The summed E-state index contributed by atoms with van der Waals surface area (Å²) < 4.78 is 44.0. The molecule has 0 heterocycles. The van der Waals surface area contributed by atoms with Gasteiger partial charge >= 0.3 is 0 Å². The van der Waals surface area contributed by atoms with Crippen molar-refractivity contribution in [3.05, 3.63) is 100 Å². The third-order valence-electron chi connectivity index (χ3n) is 4.83. The molecule has 1 amide bonds. The highest BCUT2D eigenvalue weighted by atomic mass is 35.5. The number of hydrogen-bond donors (Lipinski definition) is 1. The minimum absolute atomic E-state index is 0.00597.